The van der Waals surface area contributed by atoms with Crippen molar-refractivity contribution in [1.29, 1.82) is 0 Å². The highest BCUT2D eigenvalue weighted by Crippen LogP contribution is 2.64. The molecule has 2 fully saturated rings. The quantitative estimate of drug-likeness (QED) is 0.588. The average molecular weight is 351 g/mol. The van der Waals surface area contributed by atoms with Crippen LogP contribution >= 0.6 is 0 Å². The summed E-state index contributed by atoms with van der Waals surface area (Å²) in [4.78, 5) is 22.4. The number of aliphatic carboxylic acids is 1. The Bertz CT molecular complexity index is 570. The highest BCUT2D eigenvalue weighted by molar-refractivity contribution is 5.84. The van der Waals surface area contributed by atoms with E-state index in [1.54, 1.807) is 13.0 Å². The number of allylic oxidation sites excluding steroid dienone is 2. The Morgan fingerprint density at radius 3 is 2.20 bits per heavy atom. The fourth-order valence-corrected chi connectivity index (χ4v) is 4.96. The van der Waals surface area contributed by atoms with Crippen molar-refractivity contribution in [2.75, 3.05) is 7.11 Å². The molecule has 0 saturated heterocycles. The first-order valence-corrected chi connectivity index (χ1v) is 9.22. The minimum absolute atomic E-state index is 0.377. The summed E-state index contributed by atoms with van der Waals surface area (Å²) in [6, 6.07) is 0.469. The molecule has 0 spiro atoms. The van der Waals surface area contributed by atoms with E-state index in [1.807, 2.05) is 6.08 Å². The summed E-state index contributed by atoms with van der Waals surface area (Å²) < 4.78 is 4.60. The van der Waals surface area contributed by atoms with Gasteiger partial charge in [0.1, 0.15) is 0 Å². The summed E-state index contributed by atoms with van der Waals surface area (Å²) in [5.41, 5.74) is 6.05. The molecule has 5 heteroatoms. The van der Waals surface area contributed by atoms with Crippen molar-refractivity contribution in [3.05, 3.63) is 12.2 Å². The SMILES string of the molecule is CC1(C)C2CCC1(C)C(N)C2.COC(=O)[C@@H]1CC=CC[C@]1(C)C(=O)O. The summed E-state index contributed by atoms with van der Waals surface area (Å²) in [5, 5.41) is 9.07. The van der Waals surface area contributed by atoms with Crippen molar-refractivity contribution in [2.45, 2.75) is 65.8 Å². The second-order valence-corrected chi connectivity index (χ2v) is 8.93. The van der Waals surface area contributed by atoms with Gasteiger partial charge in [-0.2, -0.15) is 0 Å². The third-order valence-corrected chi connectivity index (χ3v) is 7.69. The maximum absolute atomic E-state index is 11.4. The zero-order valence-corrected chi connectivity index (χ0v) is 16.2. The minimum Gasteiger partial charge on any atom is -0.481 e. The van der Waals surface area contributed by atoms with E-state index in [4.69, 9.17) is 10.8 Å². The molecule has 3 N–H and O–H groups in total. The normalized spacial score (nSPS) is 41.0. The zero-order valence-electron chi connectivity index (χ0n) is 16.2. The maximum atomic E-state index is 11.4. The number of carboxylic acid groups (broad SMARTS) is 1. The lowest BCUT2D eigenvalue weighted by Gasteiger charge is -2.37. The Kier molecular flexibility index (Phi) is 5.39. The number of rotatable bonds is 2. The largest absolute Gasteiger partial charge is 0.481 e. The Morgan fingerprint density at radius 1 is 1.20 bits per heavy atom. The standard InChI is InChI=1S/C10H19N.C10H14O4/c1-9(2)7-4-5-10(9,3)8(11)6-7;1-10(9(12)13)6-4-3-5-7(10)8(11)14-2/h7-8H,4-6,11H2,1-3H3;3-4,7H,5-6H2,1-2H3,(H,12,13)/t;7-,10-/m.0/s1. The monoisotopic (exact) mass is 351 g/mol. The number of carbonyl (C=O) groups excluding carboxylic acids is 1. The van der Waals surface area contributed by atoms with Gasteiger partial charge in [-0.05, 0) is 55.8 Å². The van der Waals surface area contributed by atoms with Gasteiger partial charge in [0.25, 0.3) is 0 Å². The van der Waals surface area contributed by atoms with Crippen LogP contribution in [0.4, 0.5) is 0 Å². The number of fused-ring (bicyclic) bond motifs is 2. The summed E-state index contributed by atoms with van der Waals surface area (Å²) in [7, 11) is 1.28. The summed E-state index contributed by atoms with van der Waals surface area (Å²) in [6.45, 7) is 8.76. The molecule has 0 aliphatic heterocycles. The van der Waals surface area contributed by atoms with E-state index in [-0.39, 0.29) is 0 Å². The van der Waals surface area contributed by atoms with Crippen LogP contribution in [0.1, 0.15) is 59.8 Å². The molecule has 5 nitrogen and oxygen atoms in total. The molecule has 3 unspecified atom stereocenters. The van der Waals surface area contributed by atoms with Gasteiger partial charge in [0.2, 0.25) is 0 Å². The molecule has 25 heavy (non-hydrogen) atoms. The highest BCUT2D eigenvalue weighted by Gasteiger charge is 2.60. The van der Waals surface area contributed by atoms with E-state index in [0.29, 0.717) is 29.7 Å². The van der Waals surface area contributed by atoms with Crippen molar-refractivity contribution in [2.24, 2.45) is 33.8 Å². The smallest absolute Gasteiger partial charge is 0.310 e. The highest BCUT2D eigenvalue weighted by atomic mass is 16.5. The Hall–Kier alpha value is -1.36. The van der Waals surface area contributed by atoms with Gasteiger partial charge >= 0.3 is 11.9 Å². The van der Waals surface area contributed by atoms with Gasteiger partial charge in [-0.1, -0.05) is 32.9 Å². The molecule has 0 amide bonds. The number of hydrogen-bond donors (Lipinski definition) is 2. The third-order valence-electron chi connectivity index (χ3n) is 7.69. The van der Waals surface area contributed by atoms with Crippen molar-refractivity contribution in [3.8, 4) is 0 Å². The van der Waals surface area contributed by atoms with Gasteiger partial charge in [0.15, 0.2) is 0 Å². The van der Waals surface area contributed by atoms with Crippen molar-refractivity contribution in [3.63, 3.8) is 0 Å². The van der Waals surface area contributed by atoms with Crippen LogP contribution in [0.3, 0.4) is 0 Å². The van der Waals surface area contributed by atoms with Gasteiger partial charge in [0, 0.05) is 6.04 Å². The molecule has 5 atom stereocenters. The molecule has 0 radical (unpaired) electrons. The van der Waals surface area contributed by atoms with Crippen LogP contribution in [0.25, 0.3) is 0 Å². The van der Waals surface area contributed by atoms with Gasteiger partial charge in [-0.25, -0.2) is 0 Å². The number of nitrogens with two attached hydrogens (primary N) is 1. The predicted molar refractivity (Wildman–Crippen MR) is 96.8 cm³/mol. The molecule has 142 valence electrons. The number of carboxylic acids is 1. The summed E-state index contributed by atoms with van der Waals surface area (Å²) in [5.74, 6) is -1.06. The van der Waals surface area contributed by atoms with Crippen molar-refractivity contribution in [1.82, 2.24) is 0 Å². The van der Waals surface area contributed by atoms with Crippen molar-refractivity contribution >= 4 is 11.9 Å². The molecular weight excluding hydrogens is 318 g/mol. The van der Waals surface area contributed by atoms with Crippen molar-refractivity contribution < 1.29 is 19.4 Å². The Morgan fingerprint density at radius 2 is 1.84 bits per heavy atom. The zero-order chi connectivity index (χ0) is 19.0. The number of ether oxygens (including phenoxy) is 1. The lowest BCUT2D eigenvalue weighted by atomic mass is 9.69. The first-order valence-electron chi connectivity index (χ1n) is 9.22. The Labute approximate surface area is 151 Å². The van der Waals surface area contributed by atoms with E-state index < -0.39 is 23.3 Å². The fourth-order valence-electron chi connectivity index (χ4n) is 4.96. The molecular formula is C20H33NO4. The first kappa shape index (κ1) is 20.0. The maximum Gasteiger partial charge on any atom is 0.310 e. The number of esters is 1. The molecule has 0 heterocycles. The fraction of sp³-hybridized carbons (Fsp3) is 0.800. The third kappa shape index (κ3) is 3.12. The van der Waals surface area contributed by atoms with Crippen LogP contribution < -0.4 is 5.73 Å². The second-order valence-electron chi connectivity index (χ2n) is 8.93. The van der Waals surface area contributed by atoms with Crippen LogP contribution in [-0.4, -0.2) is 30.2 Å². The second kappa shape index (κ2) is 6.75. The topological polar surface area (TPSA) is 89.6 Å². The molecule has 0 aromatic carbocycles. The predicted octanol–water partition coefficient (Wildman–Crippen LogP) is 3.38. The number of carbonyl (C=O) groups is 2. The molecule has 0 aromatic rings. The van der Waals surface area contributed by atoms with E-state index >= 15 is 0 Å². The van der Waals surface area contributed by atoms with Gasteiger partial charge < -0.3 is 15.6 Å². The number of hydrogen-bond acceptors (Lipinski definition) is 4. The van der Waals surface area contributed by atoms with Gasteiger partial charge in [-0.3, -0.25) is 9.59 Å². The molecule has 3 aliphatic rings. The molecule has 2 bridgehead atoms. The lowest BCUT2D eigenvalue weighted by molar-refractivity contribution is -0.163. The summed E-state index contributed by atoms with van der Waals surface area (Å²) in [6.07, 6.45) is 8.48. The van der Waals surface area contributed by atoms with E-state index in [1.165, 1.54) is 26.4 Å². The molecule has 2 saturated carbocycles. The van der Waals surface area contributed by atoms with E-state index in [2.05, 4.69) is 25.5 Å². The van der Waals surface area contributed by atoms with Gasteiger partial charge in [-0.15, -0.1) is 0 Å². The average Bonchev–Trinajstić information content (AvgIpc) is 2.88. The van der Waals surface area contributed by atoms with Crippen LogP contribution in [0.5, 0.6) is 0 Å². The van der Waals surface area contributed by atoms with Gasteiger partial charge in [0.05, 0.1) is 18.4 Å². The van der Waals surface area contributed by atoms with Crippen LogP contribution in [0.15, 0.2) is 12.2 Å². The molecule has 3 rings (SSSR count). The molecule has 3 aliphatic carbocycles. The van der Waals surface area contributed by atoms with E-state index in [9.17, 15) is 9.59 Å². The van der Waals surface area contributed by atoms with Crippen LogP contribution in [0.2, 0.25) is 0 Å². The Balaban J connectivity index is 0.000000185. The van der Waals surface area contributed by atoms with E-state index in [0.717, 1.165) is 5.92 Å². The first-order chi connectivity index (χ1) is 11.5. The summed E-state index contributed by atoms with van der Waals surface area (Å²) >= 11 is 0. The van der Waals surface area contributed by atoms with Crippen LogP contribution in [-0.2, 0) is 14.3 Å². The number of methoxy groups -OCH3 is 1. The lowest BCUT2D eigenvalue weighted by Crippen LogP contribution is -2.41. The minimum atomic E-state index is -1.03. The molecule has 0 aromatic heterocycles. The van der Waals surface area contributed by atoms with Crippen LogP contribution in [0, 0.1) is 28.1 Å².